The number of nitrogens with zero attached hydrogens (tertiary/aromatic N) is 2. The summed E-state index contributed by atoms with van der Waals surface area (Å²) in [6, 6.07) is 3.50. The molecule has 2 rings (SSSR count). The molecule has 0 bridgehead atoms. The predicted octanol–water partition coefficient (Wildman–Crippen LogP) is 0.873. The van der Waals surface area contributed by atoms with Gasteiger partial charge in [0.25, 0.3) is 0 Å². The molecule has 2 heterocycles. The topological polar surface area (TPSA) is 57.8 Å². The number of aromatic nitrogens is 1. The number of nitrogens with one attached hydrogen (secondary N) is 1. The van der Waals surface area contributed by atoms with Gasteiger partial charge < -0.3 is 9.88 Å². The summed E-state index contributed by atoms with van der Waals surface area (Å²) < 4.78 is 1.76. The molecule has 1 amide bonds. The van der Waals surface area contributed by atoms with Crippen molar-refractivity contribution in [2.24, 2.45) is 0 Å². The quantitative estimate of drug-likeness (QED) is 0.613. The van der Waals surface area contributed by atoms with Crippen LogP contribution in [0, 0.1) is 11.3 Å². The van der Waals surface area contributed by atoms with Crippen molar-refractivity contribution in [3.8, 4) is 6.07 Å². The number of hydrogen-bond acceptors (Lipinski definition) is 2. The minimum atomic E-state index is -0.193. The fourth-order valence-corrected chi connectivity index (χ4v) is 1.32. The molecule has 0 saturated heterocycles. The second-order valence-corrected chi connectivity index (χ2v) is 2.80. The predicted molar refractivity (Wildman–Crippen MR) is 42.5 cm³/mol. The van der Waals surface area contributed by atoms with E-state index in [0.29, 0.717) is 11.4 Å². The number of anilines is 1. The van der Waals surface area contributed by atoms with Crippen LogP contribution in [0.3, 0.4) is 0 Å². The lowest BCUT2D eigenvalue weighted by molar-refractivity contribution is -0.117. The van der Waals surface area contributed by atoms with Crippen molar-refractivity contribution >= 4 is 11.7 Å². The Hall–Kier alpha value is -1.76. The van der Waals surface area contributed by atoms with E-state index in [9.17, 15) is 4.79 Å². The molecule has 1 aromatic heterocycles. The number of carbonyl (C=O) groups is 1. The lowest BCUT2D eigenvalue weighted by Crippen LogP contribution is -2.11. The van der Waals surface area contributed by atoms with Crippen LogP contribution >= 0.6 is 0 Å². The first-order valence-electron chi connectivity index (χ1n) is 3.65. The van der Waals surface area contributed by atoms with E-state index in [1.54, 1.807) is 23.8 Å². The smallest absolute Gasteiger partial charge is 0.248 e. The molecule has 0 spiro atoms. The van der Waals surface area contributed by atoms with Crippen molar-refractivity contribution in [1.29, 1.82) is 5.26 Å². The molecule has 1 aliphatic heterocycles. The van der Waals surface area contributed by atoms with Crippen molar-refractivity contribution in [2.45, 2.75) is 13.0 Å². The van der Waals surface area contributed by atoms with Crippen LogP contribution in [0.2, 0.25) is 0 Å². The van der Waals surface area contributed by atoms with Gasteiger partial charge in [0.1, 0.15) is 17.9 Å². The van der Waals surface area contributed by atoms with Crippen LogP contribution in [0.4, 0.5) is 5.82 Å². The van der Waals surface area contributed by atoms with Crippen LogP contribution in [0.1, 0.15) is 18.5 Å². The minimum Gasteiger partial charge on any atom is -0.321 e. The van der Waals surface area contributed by atoms with Crippen molar-refractivity contribution in [2.75, 3.05) is 5.32 Å². The molecule has 4 heteroatoms. The molecule has 1 aliphatic rings. The summed E-state index contributed by atoms with van der Waals surface area (Å²) in [6.07, 6.45) is 1.68. The summed E-state index contributed by atoms with van der Waals surface area (Å²) in [5.41, 5.74) is 0.580. The highest BCUT2D eigenvalue weighted by Crippen LogP contribution is 2.26. The highest BCUT2D eigenvalue weighted by molar-refractivity contribution is 5.97. The summed E-state index contributed by atoms with van der Waals surface area (Å²) in [4.78, 5) is 11.1. The average Bonchev–Trinajstić information content (AvgIpc) is 2.55. The number of rotatable bonds is 0. The Morgan fingerprint density at radius 1 is 1.75 bits per heavy atom. The van der Waals surface area contributed by atoms with Gasteiger partial charge >= 0.3 is 0 Å². The maximum Gasteiger partial charge on any atom is 0.248 e. The Bertz CT molecular complexity index is 385. The van der Waals surface area contributed by atoms with Crippen LogP contribution in [0.25, 0.3) is 0 Å². The van der Waals surface area contributed by atoms with E-state index in [2.05, 4.69) is 5.32 Å². The molecule has 0 aliphatic carbocycles. The number of hydrogen-bond donors (Lipinski definition) is 1. The lowest BCUT2D eigenvalue weighted by Gasteiger charge is -1.99. The van der Waals surface area contributed by atoms with Gasteiger partial charge in [-0.2, -0.15) is 5.26 Å². The highest BCUT2D eigenvalue weighted by Gasteiger charge is 2.25. The monoisotopic (exact) mass is 161 g/mol. The highest BCUT2D eigenvalue weighted by atomic mass is 16.2. The molecule has 12 heavy (non-hydrogen) atoms. The summed E-state index contributed by atoms with van der Waals surface area (Å²) in [5.74, 6) is 0.693. The van der Waals surface area contributed by atoms with E-state index >= 15 is 0 Å². The van der Waals surface area contributed by atoms with E-state index in [4.69, 9.17) is 5.26 Å². The fourth-order valence-electron chi connectivity index (χ4n) is 1.32. The van der Waals surface area contributed by atoms with Gasteiger partial charge in [0, 0.05) is 6.20 Å². The molecule has 0 aromatic carbocycles. The number of amides is 1. The summed E-state index contributed by atoms with van der Waals surface area (Å²) in [7, 11) is 0. The van der Waals surface area contributed by atoms with Gasteiger partial charge in [-0.3, -0.25) is 4.79 Å². The van der Waals surface area contributed by atoms with Gasteiger partial charge in [0.05, 0.1) is 5.56 Å². The third-order valence-corrected chi connectivity index (χ3v) is 2.03. The first-order chi connectivity index (χ1) is 5.72. The second kappa shape index (κ2) is 2.11. The Balaban J connectivity index is 2.50. The number of nitriles is 1. The third kappa shape index (κ3) is 0.735. The molecule has 0 unspecified atom stereocenters. The number of fused-ring (bicyclic) bond motifs is 1. The van der Waals surface area contributed by atoms with Crippen LogP contribution in [-0.4, -0.2) is 10.5 Å². The van der Waals surface area contributed by atoms with Crippen LogP contribution in [0.5, 0.6) is 0 Å². The normalized spacial score (nSPS) is 20.0. The molecule has 1 aromatic rings. The van der Waals surface area contributed by atoms with Gasteiger partial charge in [-0.25, -0.2) is 0 Å². The molecule has 1 N–H and O–H groups in total. The van der Waals surface area contributed by atoms with Gasteiger partial charge in [-0.1, -0.05) is 0 Å². The van der Waals surface area contributed by atoms with Gasteiger partial charge in [0.15, 0.2) is 0 Å². The minimum absolute atomic E-state index is 0.0190. The lowest BCUT2D eigenvalue weighted by atomic mass is 10.3. The average molecular weight is 161 g/mol. The molecule has 0 saturated carbocycles. The Morgan fingerprint density at radius 3 is 3.08 bits per heavy atom. The molecule has 1 atom stereocenters. The molecule has 4 nitrogen and oxygen atoms in total. The van der Waals surface area contributed by atoms with Crippen LogP contribution in [0.15, 0.2) is 12.3 Å². The van der Waals surface area contributed by atoms with Crippen molar-refractivity contribution < 1.29 is 4.79 Å². The third-order valence-electron chi connectivity index (χ3n) is 2.03. The summed E-state index contributed by atoms with van der Waals surface area (Å²) >= 11 is 0. The SMILES string of the molecule is C[C@@H]1C(=O)Nc2cc(C#N)cn21. The van der Waals surface area contributed by atoms with Crippen LogP contribution < -0.4 is 5.32 Å². The van der Waals surface area contributed by atoms with Crippen molar-refractivity contribution in [1.82, 2.24) is 4.57 Å². The Morgan fingerprint density at radius 2 is 2.50 bits per heavy atom. The zero-order chi connectivity index (χ0) is 8.72. The summed E-state index contributed by atoms with van der Waals surface area (Å²) in [6.45, 7) is 1.80. The molecular weight excluding hydrogens is 154 g/mol. The van der Waals surface area contributed by atoms with E-state index in [-0.39, 0.29) is 11.9 Å². The van der Waals surface area contributed by atoms with Crippen molar-refractivity contribution in [3.63, 3.8) is 0 Å². The second-order valence-electron chi connectivity index (χ2n) is 2.80. The molecule has 60 valence electrons. The van der Waals surface area contributed by atoms with E-state index in [1.807, 2.05) is 6.07 Å². The molecule has 0 fully saturated rings. The van der Waals surface area contributed by atoms with E-state index < -0.39 is 0 Å². The van der Waals surface area contributed by atoms with Gasteiger partial charge in [-0.05, 0) is 13.0 Å². The van der Waals surface area contributed by atoms with Gasteiger partial charge in [-0.15, -0.1) is 0 Å². The van der Waals surface area contributed by atoms with Crippen LogP contribution in [-0.2, 0) is 4.79 Å². The largest absolute Gasteiger partial charge is 0.321 e. The zero-order valence-electron chi connectivity index (χ0n) is 6.53. The first kappa shape index (κ1) is 6.92. The Kier molecular flexibility index (Phi) is 1.22. The fraction of sp³-hybridized carbons (Fsp3) is 0.250. The van der Waals surface area contributed by atoms with Crippen molar-refractivity contribution in [3.05, 3.63) is 17.8 Å². The van der Waals surface area contributed by atoms with E-state index in [0.717, 1.165) is 0 Å². The standard InChI is InChI=1S/C8H7N3O/c1-5-8(12)10-7-2-6(3-9)4-11(5)7/h2,4-5H,1H3,(H,10,12)/t5-/m1/s1. The molecule has 0 radical (unpaired) electrons. The first-order valence-corrected chi connectivity index (χ1v) is 3.65. The summed E-state index contributed by atoms with van der Waals surface area (Å²) in [5, 5.41) is 11.2. The maximum absolute atomic E-state index is 11.1. The number of carbonyl (C=O) groups excluding carboxylic acids is 1. The molecular formula is C8H7N3O. The van der Waals surface area contributed by atoms with E-state index in [1.165, 1.54) is 0 Å². The van der Waals surface area contributed by atoms with Gasteiger partial charge in [0.2, 0.25) is 5.91 Å². The zero-order valence-corrected chi connectivity index (χ0v) is 6.53. The maximum atomic E-state index is 11.1. The Labute approximate surface area is 69.4 Å².